The summed E-state index contributed by atoms with van der Waals surface area (Å²) < 4.78 is 15.6. The molecule has 0 atom stereocenters. The number of halogens is 2. The van der Waals surface area contributed by atoms with E-state index in [4.69, 9.17) is 48.4 Å². The zero-order chi connectivity index (χ0) is 55.3. The number of alkyl halides is 1. The van der Waals surface area contributed by atoms with Crippen LogP contribution in [-0.2, 0) is 23.7 Å². The number of carbonyl (C=O) groups excluding carboxylic acids is 2. The Morgan fingerprint density at radius 3 is 1.62 bits per heavy atom. The van der Waals surface area contributed by atoms with Crippen LogP contribution < -0.4 is 41.0 Å². The lowest BCUT2D eigenvalue weighted by atomic mass is 10.1. The van der Waals surface area contributed by atoms with Crippen LogP contribution in [0.1, 0.15) is 19.3 Å². The largest absolute Gasteiger partial charge is 0.494 e. The van der Waals surface area contributed by atoms with Gasteiger partial charge < -0.3 is 59.9 Å². The average molecular weight is 1100 g/mol. The standard InChI is InChI=1S/C29H33N7O2.C26H31N7O.C3H4Cl2O/c1-5-28(37)31-23-17-24(27(38-4)18-26(23)34(2)15-16-36-13-8-14-36)33-29-30-12-11-22(32-29)21-19-35(3)25-10-7-6-9-20(21)25;1-31(13-14-33-11-6-12-33)24-16-25(34-3)22(15-20(24)27)30-26-28-10-9-21(29-26)19-17-32(2)23-8-5-4-7-18(19)23;4-2-1-3(5)6/h5-7,9-12,17-19H,1,8,13-16H2,2-4H3,(H,31,37)(H,30,32,33);4-5,7-10,15-17H,6,11-14,27H2,1-3H3,(H,28,29,30);1-2H2. The fourth-order valence-corrected chi connectivity index (χ4v) is 9.56. The number of ether oxygens (including phenoxy) is 2. The van der Waals surface area contributed by atoms with Crippen molar-refractivity contribution in [3.05, 3.63) is 122 Å². The van der Waals surface area contributed by atoms with Crippen LogP contribution in [0, 0.1) is 0 Å². The van der Waals surface area contributed by atoms with E-state index in [1.165, 1.54) is 32.0 Å². The molecular formula is C58H68Cl2N14O4. The van der Waals surface area contributed by atoms with Gasteiger partial charge in [0.05, 0.1) is 59.7 Å². The number of anilines is 8. The second-order valence-electron chi connectivity index (χ2n) is 19.0. The molecular weight excluding hydrogens is 1030 g/mol. The number of likely N-dealkylation sites (N-methyl/N-ethyl adjacent to an activating group) is 2. The Kier molecular flexibility index (Phi) is 19.1. The number of rotatable bonds is 20. The van der Waals surface area contributed by atoms with Crippen LogP contribution in [0.15, 0.2) is 122 Å². The van der Waals surface area contributed by atoms with Gasteiger partial charge >= 0.3 is 0 Å². The fourth-order valence-electron chi connectivity index (χ4n) is 9.20. The molecule has 2 aliphatic heterocycles. The molecule has 6 heterocycles. The van der Waals surface area contributed by atoms with Gasteiger partial charge in [-0.15, -0.1) is 11.6 Å². The molecule has 8 aromatic rings. The third-order valence-electron chi connectivity index (χ3n) is 13.8. The molecule has 2 fully saturated rings. The second-order valence-corrected chi connectivity index (χ2v) is 19.8. The molecule has 20 heteroatoms. The molecule has 4 aromatic heterocycles. The summed E-state index contributed by atoms with van der Waals surface area (Å²) in [5, 5.41) is 11.4. The van der Waals surface area contributed by atoms with Crippen molar-refractivity contribution in [2.45, 2.75) is 19.3 Å². The first-order valence-corrected chi connectivity index (χ1v) is 26.7. The zero-order valence-corrected chi connectivity index (χ0v) is 46.6. The molecule has 0 unspecified atom stereocenters. The SMILES string of the molecule is C=CC(=O)Nc1cc(Nc2nccc(-c3cn(C)c4ccccc34)n2)c(OC)cc1N(C)CCN1CCC1.COc1cc(N(C)CCN2CCC2)c(N)cc1Nc1nccc(-c2cn(C)c3ccccc23)n1.O=C(Cl)CCCl. The number of para-hydroxylation sites is 2. The Balaban J connectivity index is 0.000000187. The van der Waals surface area contributed by atoms with E-state index >= 15 is 0 Å². The van der Waals surface area contributed by atoms with Gasteiger partial charge in [-0.05, 0) is 93.1 Å². The predicted molar refractivity (Wildman–Crippen MR) is 319 cm³/mol. The van der Waals surface area contributed by atoms with Gasteiger partial charge in [-0.3, -0.25) is 9.59 Å². The zero-order valence-electron chi connectivity index (χ0n) is 45.1. The lowest BCUT2D eigenvalue weighted by Gasteiger charge is -2.33. The first kappa shape index (κ1) is 56.3. The monoisotopic (exact) mass is 1090 g/mol. The average Bonchev–Trinajstić information content (AvgIpc) is 3.95. The highest BCUT2D eigenvalue weighted by Gasteiger charge is 2.21. The first-order valence-electron chi connectivity index (χ1n) is 25.8. The Hall–Kier alpha value is -7.90. The topological polar surface area (TPSA) is 189 Å². The Morgan fingerprint density at radius 2 is 1.18 bits per heavy atom. The summed E-state index contributed by atoms with van der Waals surface area (Å²) in [6.45, 7) is 12.0. The second kappa shape index (κ2) is 26.4. The summed E-state index contributed by atoms with van der Waals surface area (Å²) in [4.78, 5) is 49.6. The molecule has 0 spiro atoms. The molecule has 5 N–H and O–H groups in total. The minimum atomic E-state index is -0.370. The van der Waals surface area contributed by atoms with Crippen molar-refractivity contribution in [2.75, 3.05) is 118 Å². The molecule has 1 amide bonds. The van der Waals surface area contributed by atoms with E-state index in [0.717, 1.165) is 101 Å². The van der Waals surface area contributed by atoms with Gasteiger partial charge in [-0.2, -0.15) is 0 Å². The highest BCUT2D eigenvalue weighted by atomic mass is 35.5. The Bertz CT molecular complexity index is 3380. The number of benzene rings is 4. The van der Waals surface area contributed by atoms with Crippen molar-refractivity contribution in [3.63, 3.8) is 0 Å². The minimum Gasteiger partial charge on any atom is -0.494 e. The van der Waals surface area contributed by atoms with Gasteiger partial charge in [-0.25, -0.2) is 19.9 Å². The van der Waals surface area contributed by atoms with Crippen molar-refractivity contribution < 1.29 is 19.1 Å². The third kappa shape index (κ3) is 13.8. The van der Waals surface area contributed by atoms with E-state index in [1.807, 2.05) is 81.8 Å². The number of hydrogen-bond donors (Lipinski definition) is 4. The smallest absolute Gasteiger partial charge is 0.247 e. The fraction of sp³-hybridized carbons (Fsp3) is 0.310. The summed E-state index contributed by atoms with van der Waals surface area (Å²) in [6.07, 6.45) is 11.7. The van der Waals surface area contributed by atoms with Gasteiger partial charge in [0.1, 0.15) is 11.5 Å². The van der Waals surface area contributed by atoms with Crippen molar-refractivity contribution in [1.82, 2.24) is 38.9 Å². The normalized spacial score (nSPS) is 13.0. The molecule has 10 rings (SSSR count). The lowest BCUT2D eigenvalue weighted by molar-refractivity contribution is -0.112. The highest BCUT2D eigenvalue weighted by Crippen LogP contribution is 2.40. The number of nitrogens with zero attached hydrogens (tertiary/aromatic N) is 10. The maximum Gasteiger partial charge on any atom is 0.247 e. The van der Waals surface area contributed by atoms with Gasteiger partial charge in [0, 0.05) is 137 Å². The quantitative estimate of drug-likeness (QED) is 0.0244. The maximum absolute atomic E-state index is 12.3. The van der Waals surface area contributed by atoms with Crippen LogP contribution in [0.5, 0.6) is 11.5 Å². The molecule has 0 saturated carbocycles. The number of likely N-dealkylation sites (tertiary alicyclic amines) is 2. The maximum atomic E-state index is 12.3. The van der Waals surface area contributed by atoms with Crippen LogP contribution in [0.4, 0.5) is 46.0 Å². The van der Waals surface area contributed by atoms with E-state index < -0.39 is 0 Å². The molecule has 408 valence electrons. The van der Waals surface area contributed by atoms with Crippen LogP contribution in [0.2, 0.25) is 0 Å². The van der Waals surface area contributed by atoms with E-state index in [9.17, 15) is 9.59 Å². The number of hydrogen-bond acceptors (Lipinski definition) is 15. The number of carbonyl (C=O) groups is 2. The number of aromatic nitrogens is 6. The van der Waals surface area contributed by atoms with Gasteiger partial charge in [0.15, 0.2) is 0 Å². The molecule has 0 radical (unpaired) electrons. The molecule has 2 saturated heterocycles. The van der Waals surface area contributed by atoms with Gasteiger partial charge in [-0.1, -0.05) is 43.0 Å². The van der Waals surface area contributed by atoms with Crippen molar-refractivity contribution in [3.8, 4) is 34.0 Å². The van der Waals surface area contributed by atoms with Gasteiger partial charge in [0.2, 0.25) is 23.0 Å². The number of aryl methyl sites for hydroxylation is 2. The molecule has 0 bridgehead atoms. The van der Waals surface area contributed by atoms with E-state index in [1.54, 1.807) is 26.6 Å². The molecule has 18 nitrogen and oxygen atoms in total. The van der Waals surface area contributed by atoms with Crippen molar-refractivity contribution >= 4 is 102 Å². The summed E-state index contributed by atoms with van der Waals surface area (Å²) >= 11 is 9.95. The number of methoxy groups -OCH3 is 2. The number of nitrogens with one attached hydrogen (secondary N) is 3. The van der Waals surface area contributed by atoms with Crippen LogP contribution in [-0.4, -0.2) is 137 Å². The van der Waals surface area contributed by atoms with Crippen LogP contribution in [0.3, 0.4) is 0 Å². The summed E-state index contributed by atoms with van der Waals surface area (Å²) in [6, 6.07) is 28.0. The highest BCUT2D eigenvalue weighted by molar-refractivity contribution is 6.63. The molecule has 0 aliphatic carbocycles. The van der Waals surface area contributed by atoms with Crippen molar-refractivity contribution in [2.24, 2.45) is 14.1 Å². The number of fused-ring (bicyclic) bond motifs is 2. The van der Waals surface area contributed by atoms with E-state index in [0.29, 0.717) is 46.3 Å². The number of nitrogen functional groups attached to an aromatic ring is 1. The predicted octanol–water partition coefficient (Wildman–Crippen LogP) is 10.1. The van der Waals surface area contributed by atoms with E-state index in [2.05, 4.69) is 105 Å². The first-order chi connectivity index (χ1) is 37.8. The minimum absolute atomic E-state index is 0.267. The Morgan fingerprint density at radius 1 is 0.705 bits per heavy atom. The molecule has 78 heavy (non-hydrogen) atoms. The lowest BCUT2D eigenvalue weighted by Crippen LogP contribution is -2.42. The van der Waals surface area contributed by atoms with E-state index in [-0.39, 0.29) is 17.6 Å². The third-order valence-corrected chi connectivity index (χ3v) is 14.2. The molecule has 4 aromatic carbocycles. The Labute approximate surface area is 465 Å². The number of nitrogens with two attached hydrogens (primary N) is 1. The summed E-state index contributed by atoms with van der Waals surface area (Å²) in [5.74, 6) is 2.26. The van der Waals surface area contributed by atoms with Crippen LogP contribution in [0.25, 0.3) is 44.3 Å². The summed E-state index contributed by atoms with van der Waals surface area (Å²) in [7, 11) is 11.4. The number of amides is 1. The van der Waals surface area contributed by atoms with Crippen molar-refractivity contribution in [1.29, 1.82) is 0 Å². The summed E-state index contributed by atoms with van der Waals surface area (Å²) in [5.41, 5.74) is 17.0. The molecule has 2 aliphatic rings. The van der Waals surface area contributed by atoms with Crippen LogP contribution >= 0.6 is 23.2 Å². The van der Waals surface area contributed by atoms with Gasteiger partial charge in [0.25, 0.3) is 0 Å².